The zero-order chi connectivity index (χ0) is 12.6. The van der Waals surface area contributed by atoms with Gasteiger partial charge in [0.2, 0.25) is 6.10 Å². The second-order valence-corrected chi connectivity index (χ2v) is 3.66. The molecule has 0 bridgehead atoms. The Hall–Kier alpha value is -2.53. The molecule has 0 aliphatic carbocycles. The van der Waals surface area contributed by atoms with Crippen LogP contribution in [0.5, 0.6) is 0 Å². The first kappa shape index (κ1) is 11.9. The first-order chi connectivity index (χ1) is 8.90. The molecule has 88 valence electrons. The number of hydrogen-bond acceptors (Lipinski definition) is 2. The van der Waals surface area contributed by atoms with E-state index in [0.717, 1.165) is 11.1 Å². The van der Waals surface area contributed by atoms with Gasteiger partial charge in [-0.15, -0.1) is 5.16 Å². The second-order valence-electron chi connectivity index (χ2n) is 3.66. The maximum atomic E-state index is 5.19. The van der Waals surface area contributed by atoms with Gasteiger partial charge in [0.1, 0.15) is 0 Å². The van der Waals surface area contributed by atoms with E-state index in [0.29, 0.717) is 0 Å². The molecule has 0 aliphatic rings. The van der Waals surface area contributed by atoms with Crippen LogP contribution in [0.1, 0.15) is 17.2 Å². The number of nitrogens with zero attached hydrogens (tertiary/aromatic N) is 1. The summed E-state index contributed by atoms with van der Waals surface area (Å²) in [5, 5.41) is 3.47. The molecule has 0 N–H and O–H groups in total. The van der Waals surface area contributed by atoms with E-state index in [1.807, 2.05) is 60.7 Å². The Balaban J connectivity index is 2.23. The topological polar surface area (TPSA) is 21.6 Å². The minimum Gasteiger partial charge on any atom is -0.375 e. The molecule has 0 heterocycles. The molecular weight excluding hydrogens is 222 g/mol. The SMILES string of the molecule is C=NOC(C#Cc1ccccc1)c1ccccc1. The van der Waals surface area contributed by atoms with Crippen LogP contribution >= 0.6 is 0 Å². The van der Waals surface area contributed by atoms with Gasteiger partial charge in [-0.3, -0.25) is 0 Å². The largest absolute Gasteiger partial charge is 0.375 e. The van der Waals surface area contributed by atoms with Gasteiger partial charge in [-0.2, -0.15) is 0 Å². The molecule has 0 aliphatic heterocycles. The van der Waals surface area contributed by atoms with Crippen molar-refractivity contribution in [3.63, 3.8) is 0 Å². The van der Waals surface area contributed by atoms with E-state index in [2.05, 4.69) is 23.7 Å². The molecule has 2 nitrogen and oxygen atoms in total. The van der Waals surface area contributed by atoms with Gasteiger partial charge in [-0.05, 0) is 18.1 Å². The van der Waals surface area contributed by atoms with Crippen molar-refractivity contribution in [1.29, 1.82) is 0 Å². The summed E-state index contributed by atoms with van der Waals surface area (Å²) in [7, 11) is 0. The van der Waals surface area contributed by atoms with Gasteiger partial charge >= 0.3 is 0 Å². The zero-order valence-corrected chi connectivity index (χ0v) is 9.91. The average Bonchev–Trinajstić information content (AvgIpc) is 2.45. The van der Waals surface area contributed by atoms with Gasteiger partial charge in [0, 0.05) is 17.8 Å². The smallest absolute Gasteiger partial charge is 0.213 e. The summed E-state index contributed by atoms with van der Waals surface area (Å²) in [4.78, 5) is 5.19. The highest BCUT2D eigenvalue weighted by Crippen LogP contribution is 2.16. The lowest BCUT2D eigenvalue weighted by molar-refractivity contribution is 0.102. The first-order valence-electron chi connectivity index (χ1n) is 5.63. The predicted octanol–water partition coefficient (Wildman–Crippen LogP) is 3.41. The van der Waals surface area contributed by atoms with Crippen molar-refractivity contribution in [3.8, 4) is 11.8 Å². The minimum atomic E-state index is -0.385. The summed E-state index contributed by atoms with van der Waals surface area (Å²) in [5.74, 6) is 6.11. The third kappa shape index (κ3) is 3.23. The summed E-state index contributed by atoms with van der Waals surface area (Å²) >= 11 is 0. The third-order valence-corrected chi connectivity index (χ3v) is 2.40. The predicted molar refractivity (Wildman–Crippen MR) is 73.1 cm³/mol. The van der Waals surface area contributed by atoms with Crippen molar-refractivity contribution in [2.75, 3.05) is 0 Å². The summed E-state index contributed by atoms with van der Waals surface area (Å²) < 4.78 is 0. The maximum absolute atomic E-state index is 5.19. The molecule has 18 heavy (non-hydrogen) atoms. The molecule has 1 unspecified atom stereocenters. The van der Waals surface area contributed by atoms with Crippen LogP contribution in [0.25, 0.3) is 0 Å². The number of benzene rings is 2. The normalized spacial score (nSPS) is 10.9. The Morgan fingerprint density at radius 1 is 0.944 bits per heavy atom. The Labute approximate surface area is 107 Å². The summed E-state index contributed by atoms with van der Waals surface area (Å²) in [6, 6.07) is 19.5. The van der Waals surface area contributed by atoms with Gasteiger partial charge in [-0.25, -0.2) is 0 Å². The highest BCUT2D eigenvalue weighted by Gasteiger charge is 2.07. The molecule has 0 saturated heterocycles. The van der Waals surface area contributed by atoms with Gasteiger partial charge in [0.15, 0.2) is 0 Å². The molecule has 0 radical (unpaired) electrons. The van der Waals surface area contributed by atoms with Crippen molar-refractivity contribution >= 4 is 6.72 Å². The summed E-state index contributed by atoms with van der Waals surface area (Å²) in [5.41, 5.74) is 1.92. The fraction of sp³-hybridized carbons (Fsp3) is 0.0625. The number of hydrogen-bond donors (Lipinski definition) is 0. The van der Waals surface area contributed by atoms with E-state index in [-0.39, 0.29) is 6.10 Å². The first-order valence-corrected chi connectivity index (χ1v) is 5.63. The highest BCUT2D eigenvalue weighted by molar-refractivity contribution is 5.36. The van der Waals surface area contributed by atoms with Gasteiger partial charge in [-0.1, -0.05) is 54.5 Å². The molecule has 0 amide bonds. The van der Waals surface area contributed by atoms with Crippen LogP contribution in [0.2, 0.25) is 0 Å². The zero-order valence-electron chi connectivity index (χ0n) is 9.91. The third-order valence-electron chi connectivity index (χ3n) is 2.40. The van der Waals surface area contributed by atoms with E-state index in [1.54, 1.807) is 0 Å². The lowest BCUT2D eigenvalue weighted by atomic mass is 10.1. The fourth-order valence-electron chi connectivity index (χ4n) is 1.54. The second kappa shape index (κ2) is 6.27. The summed E-state index contributed by atoms with van der Waals surface area (Å²) in [6.07, 6.45) is -0.385. The Morgan fingerprint density at radius 3 is 2.17 bits per heavy atom. The lowest BCUT2D eigenvalue weighted by Gasteiger charge is -2.07. The van der Waals surface area contributed by atoms with Crippen LogP contribution in [0, 0.1) is 11.8 Å². The minimum absolute atomic E-state index is 0.385. The molecular formula is C16H13NO. The number of rotatable bonds is 3. The standard InChI is InChI=1S/C16H13NO/c1-17-18-16(15-10-6-3-7-11-15)13-12-14-8-4-2-5-9-14/h2-11,16H,1H2. The Kier molecular flexibility index (Phi) is 4.16. The molecule has 2 aromatic carbocycles. The van der Waals surface area contributed by atoms with Crippen molar-refractivity contribution < 1.29 is 4.84 Å². The van der Waals surface area contributed by atoms with Crippen LogP contribution in [0.15, 0.2) is 65.8 Å². The Morgan fingerprint density at radius 2 is 1.56 bits per heavy atom. The monoisotopic (exact) mass is 235 g/mol. The van der Waals surface area contributed by atoms with Crippen LogP contribution in [0.4, 0.5) is 0 Å². The van der Waals surface area contributed by atoms with E-state index < -0.39 is 0 Å². The van der Waals surface area contributed by atoms with Crippen LogP contribution < -0.4 is 0 Å². The van der Waals surface area contributed by atoms with E-state index in [4.69, 9.17) is 4.84 Å². The van der Waals surface area contributed by atoms with Gasteiger partial charge < -0.3 is 4.84 Å². The molecule has 2 rings (SSSR count). The Bertz CT molecular complexity index is 552. The number of oxime groups is 1. The van der Waals surface area contributed by atoms with E-state index in [1.165, 1.54) is 0 Å². The van der Waals surface area contributed by atoms with Crippen LogP contribution in [-0.2, 0) is 4.84 Å². The van der Waals surface area contributed by atoms with Crippen molar-refractivity contribution in [3.05, 3.63) is 71.8 Å². The average molecular weight is 235 g/mol. The molecule has 2 heteroatoms. The summed E-state index contributed by atoms with van der Waals surface area (Å²) in [6.45, 7) is 3.34. The fourth-order valence-corrected chi connectivity index (χ4v) is 1.54. The highest BCUT2D eigenvalue weighted by atomic mass is 16.6. The van der Waals surface area contributed by atoms with E-state index in [9.17, 15) is 0 Å². The van der Waals surface area contributed by atoms with Crippen LogP contribution in [0.3, 0.4) is 0 Å². The van der Waals surface area contributed by atoms with Crippen LogP contribution in [-0.4, -0.2) is 6.72 Å². The maximum Gasteiger partial charge on any atom is 0.213 e. The molecule has 1 atom stereocenters. The van der Waals surface area contributed by atoms with Crippen molar-refractivity contribution in [2.45, 2.75) is 6.10 Å². The van der Waals surface area contributed by atoms with Gasteiger partial charge in [0.25, 0.3) is 0 Å². The van der Waals surface area contributed by atoms with Gasteiger partial charge in [0.05, 0.1) is 0 Å². The lowest BCUT2D eigenvalue weighted by Crippen LogP contribution is -1.97. The molecule has 2 aromatic rings. The van der Waals surface area contributed by atoms with Crippen molar-refractivity contribution in [2.24, 2.45) is 5.16 Å². The molecule has 0 saturated carbocycles. The molecule has 0 aromatic heterocycles. The molecule has 0 spiro atoms. The quantitative estimate of drug-likeness (QED) is 0.454. The van der Waals surface area contributed by atoms with Crippen molar-refractivity contribution in [1.82, 2.24) is 0 Å². The van der Waals surface area contributed by atoms with E-state index >= 15 is 0 Å². The molecule has 0 fully saturated rings.